The summed E-state index contributed by atoms with van der Waals surface area (Å²) in [5, 5.41) is 0. The zero-order valence-corrected chi connectivity index (χ0v) is 8.48. The van der Waals surface area contributed by atoms with E-state index in [1.807, 2.05) is 6.07 Å². The molecule has 14 heavy (non-hydrogen) atoms. The molecule has 1 aliphatic heterocycles. The van der Waals surface area contributed by atoms with Crippen molar-refractivity contribution in [2.75, 3.05) is 13.2 Å². The van der Waals surface area contributed by atoms with Gasteiger partial charge in [0.1, 0.15) is 0 Å². The minimum Gasteiger partial charge on any atom is -0.411 e. The Kier molecular flexibility index (Phi) is 3.22. The summed E-state index contributed by atoms with van der Waals surface area (Å²) in [7, 11) is -0.0638. The highest BCUT2D eigenvalue weighted by atomic mass is 16.6. The first-order valence-electron chi connectivity index (χ1n) is 5.16. The van der Waals surface area contributed by atoms with E-state index in [0.717, 1.165) is 19.6 Å². The molecule has 3 heteroatoms. The summed E-state index contributed by atoms with van der Waals surface area (Å²) in [4.78, 5) is 0. The van der Waals surface area contributed by atoms with E-state index < -0.39 is 0 Å². The fourth-order valence-electron chi connectivity index (χ4n) is 1.71. The van der Waals surface area contributed by atoms with E-state index in [4.69, 9.17) is 9.31 Å². The molecule has 1 aromatic rings. The number of rotatable bonds is 2. The summed E-state index contributed by atoms with van der Waals surface area (Å²) < 4.78 is 11.1. The van der Waals surface area contributed by atoms with Crippen LogP contribution in [0.25, 0.3) is 0 Å². The molecule has 0 N–H and O–H groups in total. The Labute approximate surface area is 85.4 Å². The van der Waals surface area contributed by atoms with Gasteiger partial charge in [-0.1, -0.05) is 37.3 Å². The second kappa shape index (κ2) is 4.62. The van der Waals surface area contributed by atoms with Crippen LogP contribution in [0.5, 0.6) is 0 Å². The monoisotopic (exact) mass is 190 g/mol. The third kappa shape index (κ3) is 2.17. The van der Waals surface area contributed by atoms with Gasteiger partial charge in [0.05, 0.1) is 0 Å². The molecule has 2 rings (SSSR count). The van der Waals surface area contributed by atoms with Gasteiger partial charge in [-0.3, -0.25) is 0 Å². The summed E-state index contributed by atoms with van der Waals surface area (Å²) in [6.07, 6.45) is 1.01. The van der Waals surface area contributed by atoms with Crippen LogP contribution in [0.15, 0.2) is 30.3 Å². The highest BCUT2D eigenvalue weighted by molar-refractivity contribution is 6.46. The zero-order chi connectivity index (χ0) is 9.80. The summed E-state index contributed by atoms with van der Waals surface area (Å²) >= 11 is 0. The van der Waals surface area contributed by atoms with E-state index in [-0.39, 0.29) is 7.12 Å². The fourth-order valence-corrected chi connectivity index (χ4v) is 1.71. The molecule has 74 valence electrons. The molecule has 1 aromatic carbocycles. The maximum atomic E-state index is 5.57. The van der Waals surface area contributed by atoms with Crippen molar-refractivity contribution in [1.29, 1.82) is 0 Å². The molecule has 0 aliphatic carbocycles. The molecule has 1 atom stereocenters. The molecule has 1 fully saturated rings. The Balaban J connectivity index is 2.03. The minimum absolute atomic E-state index is 0.0638. The van der Waals surface area contributed by atoms with Crippen LogP contribution < -0.4 is 0 Å². The van der Waals surface area contributed by atoms with Crippen LogP contribution >= 0.6 is 0 Å². The van der Waals surface area contributed by atoms with Crippen LogP contribution in [-0.4, -0.2) is 20.3 Å². The molecule has 1 heterocycles. The summed E-state index contributed by atoms with van der Waals surface area (Å²) in [5.41, 5.74) is 1.28. The summed E-state index contributed by atoms with van der Waals surface area (Å²) in [6, 6.07) is 10.4. The van der Waals surface area contributed by atoms with Crippen molar-refractivity contribution in [2.24, 2.45) is 0 Å². The van der Waals surface area contributed by atoms with Gasteiger partial charge in [0.2, 0.25) is 0 Å². The molecule has 0 amide bonds. The van der Waals surface area contributed by atoms with Crippen molar-refractivity contribution in [2.45, 2.75) is 19.2 Å². The molecule has 1 aliphatic rings. The standard InChI is InChI=1S/C11H15BO2/c1-10(11-6-3-2-4-7-11)12-13-8-5-9-14-12/h2-4,6-7,10H,5,8-9H2,1H3/t10-/m0/s1. The van der Waals surface area contributed by atoms with E-state index in [2.05, 4.69) is 31.2 Å². The van der Waals surface area contributed by atoms with Crippen molar-refractivity contribution in [3.63, 3.8) is 0 Å². The molecular weight excluding hydrogens is 175 g/mol. The Morgan fingerprint density at radius 2 is 1.79 bits per heavy atom. The Morgan fingerprint density at radius 1 is 1.14 bits per heavy atom. The molecule has 0 saturated carbocycles. The van der Waals surface area contributed by atoms with Gasteiger partial charge < -0.3 is 9.31 Å². The lowest BCUT2D eigenvalue weighted by molar-refractivity contribution is 0.128. The van der Waals surface area contributed by atoms with Crippen LogP contribution in [0.4, 0.5) is 0 Å². The highest BCUT2D eigenvalue weighted by Crippen LogP contribution is 2.21. The van der Waals surface area contributed by atoms with Crippen molar-refractivity contribution < 1.29 is 9.31 Å². The van der Waals surface area contributed by atoms with Crippen molar-refractivity contribution in [3.05, 3.63) is 35.9 Å². The number of hydrogen-bond donors (Lipinski definition) is 0. The minimum atomic E-state index is -0.0638. The normalized spacial score (nSPS) is 19.4. The smallest absolute Gasteiger partial charge is 0.411 e. The summed E-state index contributed by atoms with van der Waals surface area (Å²) in [5.74, 6) is 0.316. The number of benzene rings is 1. The topological polar surface area (TPSA) is 18.5 Å². The third-order valence-corrected chi connectivity index (χ3v) is 2.59. The van der Waals surface area contributed by atoms with E-state index in [9.17, 15) is 0 Å². The maximum Gasteiger partial charge on any atom is 0.464 e. The molecule has 0 spiro atoms. The van der Waals surface area contributed by atoms with E-state index >= 15 is 0 Å². The molecule has 0 unspecified atom stereocenters. The van der Waals surface area contributed by atoms with E-state index in [1.165, 1.54) is 5.56 Å². The average molecular weight is 190 g/mol. The maximum absolute atomic E-state index is 5.57. The third-order valence-electron chi connectivity index (χ3n) is 2.59. The molecule has 0 aromatic heterocycles. The zero-order valence-electron chi connectivity index (χ0n) is 8.48. The summed E-state index contributed by atoms with van der Waals surface area (Å²) in [6.45, 7) is 3.79. The van der Waals surface area contributed by atoms with Gasteiger partial charge in [0.15, 0.2) is 0 Å². The largest absolute Gasteiger partial charge is 0.464 e. The first-order valence-corrected chi connectivity index (χ1v) is 5.16. The van der Waals surface area contributed by atoms with Crippen LogP contribution in [0, 0.1) is 0 Å². The fraction of sp³-hybridized carbons (Fsp3) is 0.455. The van der Waals surface area contributed by atoms with Gasteiger partial charge >= 0.3 is 7.12 Å². The first-order chi connectivity index (χ1) is 6.88. The van der Waals surface area contributed by atoms with Crippen molar-refractivity contribution >= 4 is 7.12 Å². The Morgan fingerprint density at radius 3 is 2.43 bits per heavy atom. The second-order valence-electron chi connectivity index (χ2n) is 3.66. The Bertz CT molecular complexity index is 270. The first kappa shape index (κ1) is 9.75. The van der Waals surface area contributed by atoms with E-state index in [0.29, 0.717) is 5.82 Å². The van der Waals surface area contributed by atoms with Crippen LogP contribution in [-0.2, 0) is 9.31 Å². The average Bonchev–Trinajstić information content (AvgIpc) is 2.30. The van der Waals surface area contributed by atoms with Gasteiger partial charge in [0, 0.05) is 19.0 Å². The predicted molar refractivity (Wildman–Crippen MR) is 57.1 cm³/mol. The molecule has 0 radical (unpaired) electrons. The van der Waals surface area contributed by atoms with Crippen LogP contribution in [0.1, 0.15) is 24.7 Å². The molecule has 2 nitrogen and oxygen atoms in total. The second-order valence-corrected chi connectivity index (χ2v) is 3.66. The quantitative estimate of drug-likeness (QED) is 0.666. The van der Waals surface area contributed by atoms with Gasteiger partial charge in [-0.15, -0.1) is 0 Å². The van der Waals surface area contributed by atoms with Crippen LogP contribution in [0.2, 0.25) is 0 Å². The molecule has 1 saturated heterocycles. The SMILES string of the molecule is C[C@H](B1OCCCO1)c1ccccc1. The lowest BCUT2D eigenvalue weighted by atomic mass is 9.68. The van der Waals surface area contributed by atoms with Crippen molar-refractivity contribution in [3.8, 4) is 0 Å². The number of hydrogen-bond acceptors (Lipinski definition) is 2. The van der Waals surface area contributed by atoms with Crippen LogP contribution in [0.3, 0.4) is 0 Å². The lowest BCUT2D eigenvalue weighted by Gasteiger charge is -2.24. The lowest BCUT2D eigenvalue weighted by Crippen LogP contribution is -2.34. The van der Waals surface area contributed by atoms with Gasteiger partial charge in [-0.05, 0) is 12.0 Å². The van der Waals surface area contributed by atoms with Gasteiger partial charge in [-0.2, -0.15) is 0 Å². The Hall–Kier alpha value is -0.795. The molecule has 0 bridgehead atoms. The van der Waals surface area contributed by atoms with Gasteiger partial charge in [0.25, 0.3) is 0 Å². The van der Waals surface area contributed by atoms with Gasteiger partial charge in [-0.25, -0.2) is 0 Å². The molecular formula is C11H15BO2. The highest BCUT2D eigenvalue weighted by Gasteiger charge is 2.29. The predicted octanol–water partition coefficient (Wildman–Crippen LogP) is 2.25. The van der Waals surface area contributed by atoms with E-state index in [1.54, 1.807) is 0 Å². The van der Waals surface area contributed by atoms with Crippen molar-refractivity contribution in [1.82, 2.24) is 0 Å².